The van der Waals surface area contributed by atoms with E-state index in [-0.39, 0.29) is 0 Å². The van der Waals surface area contributed by atoms with E-state index in [1.807, 2.05) is 0 Å². The first kappa shape index (κ1) is 21.9. The predicted octanol–water partition coefficient (Wildman–Crippen LogP) is 9.44. The lowest BCUT2D eigenvalue weighted by molar-refractivity contribution is 0.303. The van der Waals surface area contributed by atoms with Gasteiger partial charge in [-0.05, 0) is 77.3 Å². The number of hydrogen-bond donors (Lipinski definition) is 0. The van der Waals surface area contributed by atoms with E-state index in [0.717, 1.165) is 18.3 Å². The molecule has 0 nitrogen and oxygen atoms in total. The van der Waals surface area contributed by atoms with Crippen molar-refractivity contribution in [1.29, 1.82) is 0 Å². The lowest BCUT2D eigenvalue weighted by Crippen LogP contribution is -2.13. The Morgan fingerprint density at radius 2 is 1.23 bits per heavy atom. The summed E-state index contributed by atoms with van der Waals surface area (Å²) in [6.07, 6.45) is 12.3. The summed E-state index contributed by atoms with van der Waals surface area (Å²) in [5.41, 5.74) is 8.22. The topological polar surface area (TPSA) is 0 Å². The van der Waals surface area contributed by atoms with Crippen molar-refractivity contribution in [1.82, 2.24) is 0 Å². The van der Waals surface area contributed by atoms with E-state index in [2.05, 4.69) is 86.6 Å². The number of rotatable bonds is 8. The molecule has 0 heteroatoms. The van der Waals surface area contributed by atoms with Gasteiger partial charge >= 0.3 is 0 Å². The molecule has 1 saturated carbocycles. The monoisotopic (exact) mass is 410 g/mol. The van der Waals surface area contributed by atoms with E-state index in [1.165, 1.54) is 79.2 Å². The minimum absolute atomic E-state index is 0.758. The van der Waals surface area contributed by atoms with Gasteiger partial charge in [-0.25, -0.2) is 0 Å². The van der Waals surface area contributed by atoms with Crippen LogP contribution in [0.5, 0.6) is 0 Å². The molecule has 0 heterocycles. The van der Waals surface area contributed by atoms with Crippen LogP contribution in [0.15, 0.2) is 72.8 Å². The number of unbranched alkanes of at least 4 members (excludes halogenated alkanes) is 2. The molecule has 0 saturated heterocycles. The fourth-order valence-electron chi connectivity index (χ4n) is 5.31. The first-order valence-electron chi connectivity index (χ1n) is 12.6. The second kappa shape index (κ2) is 10.8. The van der Waals surface area contributed by atoms with Crippen LogP contribution < -0.4 is 0 Å². The van der Waals surface area contributed by atoms with Gasteiger partial charge in [0, 0.05) is 0 Å². The summed E-state index contributed by atoms with van der Waals surface area (Å²) in [4.78, 5) is 0. The van der Waals surface area contributed by atoms with Gasteiger partial charge < -0.3 is 0 Å². The van der Waals surface area contributed by atoms with E-state index < -0.39 is 0 Å². The van der Waals surface area contributed by atoms with Crippen molar-refractivity contribution < 1.29 is 0 Å². The Labute approximate surface area is 189 Å². The molecule has 0 N–H and O–H groups in total. The summed E-state index contributed by atoms with van der Waals surface area (Å²) < 4.78 is 0. The van der Waals surface area contributed by atoms with Crippen molar-refractivity contribution in [2.75, 3.05) is 0 Å². The van der Waals surface area contributed by atoms with Crippen LogP contribution in [-0.2, 0) is 6.42 Å². The van der Waals surface area contributed by atoms with Crippen LogP contribution in [0.1, 0.15) is 82.3 Å². The van der Waals surface area contributed by atoms with Crippen LogP contribution in [0.25, 0.3) is 22.3 Å². The lowest BCUT2D eigenvalue weighted by atomic mass is 9.77. The van der Waals surface area contributed by atoms with Crippen molar-refractivity contribution >= 4 is 0 Å². The summed E-state index contributed by atoms with van der Waals surface area (Å²) in [5.74, 6) is 1.74. The van der Waals surface area contributed by atoms with Crippen molar-refractivity contribution in [3.05, 3.63) is 83.9 Å². The van der Waals surface area contributed by atoms with E-state index in [9.17, 15) is 0 Å². The van der Waals surface area contributed by atoms with Crippen LogP contribution in [0.2, 0.25) is 0 Å². The van der Waals surface area contributed by atoms with Gasteiger partial charge in [-0.1, -0.05) is 112 Å². The van der Waals surface area contributed by atoms with E-state index >= 15 is 0 Å². The van der Waals surface area contributed by atoms with E-state index in [0.29, 0.717) is 0 Å². The molecule has 0 atom stereocenters. The molecular weight excluding hydrogens is 372 g/mol. The first-order chi connectivity index (χ1) is 15.3. The Morgan fingerprint density at radius 1 is 0.645 bits per heavy atom. The van der Waals surface area contributed by atoms with E-state index in [4.69, 9.17) is 0 Å². The van der Waals surface area contributed by atoms with Crippen LogP contribution >= 0.6 is 0 Å². The first-order valence-corrected chi connectivity index (χ1v) is 12.6. The molecule has 4 rings (SSSR count). The third-order valence-electron chi connectivity index (χ3n) is 7.36. The van der Waals surface area contributed by atoms with Crippen LogP contribution in [0.4, 0.5) is 0 Å². The third-order valence-corrected chi connectivity index (χ3v) is 7.36. The average Bonchev–Trinajstić information content (AvgIpc) is 2.85. The minimum Gasteiger partial charge on any atom is -0.0654 e. The van der Waals surface area contributed by atoms with Crippen molar-refractivity contribution in [2.24, 2.45) is 5.92 Å². The number of benzene rings is 3. The smallest absolute Gasteiger partial charge is 0.0105 e. The highest BCUT2D eigenvalue weighted by atomic mass is 14.3. The quantitative estimate of drug-likeness (QED) is 0.324. The third kappa shape index (κ3) is 5.48. The molecule has 31 heavy (non-hydrogen) atoms. The molecule has 0 spiro atoms. The fraction of sp³-hybridized carbons (Fsp3) is 0.419. The van der Waals surface area contributed by atoms with Gasteiger partial charge in [-0.2, -0.15) is 0 Å². The molecule has 1 aliphatic rings. The van der Waals surface area contributed by atoms with Gasteiger partial charge in [0.2, 0.25) is 0 Å². The van der Waals surface area contributed by atoms with Gasteiger partial charge in [-0.3, -0.25) is 0 Å². The standard InChI is InChI=1S/C31H38/c1-3-5-6-9-25-14-16-26(17-15-25)27-20-22-29(23-21-27)31-11-8-7-10-30(31)28-18-12-24(4-2)13-19-28/h7-8,10-13,18-23,25-26H,3-6,9,14-17H2,1-2H3. The van der Waals surface area contributed by atoms with Gasteiger partial charge in [0.25, 0.3) is 0 Å². The van der Waals surface area contributed by atoms with E-state index in [1.54, 1.807) is 5.56 Å². The Hall–Kier alpha value is -2.34. The highest BCUT2D eigenvalue weighted by molar-refractivity contribution is 5.83. The molecule has 0 aliphatic heterocycles. The maximum atomic E-state index is 2.40. The molecule has 1 aliphatic carbocycles. The summed E-state index contributed by atoms with van der Waals surface area (Å²) >= 11 is 0. The summed E-state index contributed by atoms with van der Waals surface area (Å²) in [6.45, 7) is 4.52. The number of aryl methyl sites for hydroxylation is 1. The zero-order valence-corrected chi connectivity index (χ0v) is 19.4. The highest BCUT2D eigenvalue weighted by Gasteiger charge is 2.22. The molecular formula is C31H38. The SMILES string of the molecule is CCCCCC1CCC(c2ccc(-c3ccccc3-c3ccc(CC)cc3)cc2)CC1. The maximum Gasteiger partial charge on any atom is -0.0105 e. The Balaban J connectivity index is 1.46. The van der Waals surface area contributed by atoms with Crippen molar-refractivity contribution in [2.45, 2.75) is 77.6 Å². The zero-order chi connectivity index (χ0) is 21.5. The van der Waals surface area contributed by atoms with Gasteiger partial charge in [0.05, 0.1) is 0 Å². The maximum absolute atomic E-state index is 2.40. The molecule has 0 bridgehead atoms. The molecule has 3 aromatic rings. The van der Waals surface area contributed by atoms with Crippen LogP contribution in [-0.4, -0.2) is 0 Å². The minimum atomic E-state index is 0.758. The fourth-order valence-corrected chi connectivity index (χ4v) is 5.31. The second-order valence-electron chi connectivity index (χ2n) is 9.43. The van der Waals surface area contributed by atoms with Gasteiger partial charge in [0.15, 0.2) is 0 Å². The predicted molar refractivity (Wildman–Crippen MR) is 136 cm³/mol. The lowest BCUT2D eigenvalue weighted by Gasteiger charge is -2.29. The van der Waals surface area contributed by atoms with Crippen molar-refractivity contribution in [3.8, 4) is 22.3 Å². The normalized spacial score (nSPS) is 18.8. The van der Waals surface area contributed by atoms with Crippen LogP contribution in [0, 0.1) is 5.92 Å². The summed E-state index contributed by atoms with van der Waals surface area (Å²) in [5, 5.41) is 0. The molecule has 3 aromatic carbocycles. The zero-order valence-electron chi connectivity index (χ0n) is 19.4. The molecule has 0 radical (unpaired) electrons. The molecule has 0 amide bonds. The highest BCUT2D eigenvalue weighted by Crippen LogP contribution is 2.39. The second-order valence-corrected chi connectivity index (χ2v) is 9.43. The number of hydrogen-bond acceptors (Lipinski definition) is 0. The molecule has 1 fully saturated rings. The summed E-state index contributed by atoms with van der Waals surface area (Å²) in [6, 6.07) is 27.4. The average molecular weight is 411 g/mol. The molecule has 162 valence electrons. The van der Waals surface area contributed by atoms with Crippen LogP contribution in [0.3, 0.4) is 0 Å². The Morgan fingerprint density at radius 3 is 1.77 bits per heavy atom. The largest absolute Gasteiger partial charge is 0.0654 e. The van der Waals surface area contributed by atoms with Crippen molar-refractivity contribution in [3.63, 3.8) is 0 Å². The molecule has 0 unspecified atom stereocenters. The van der Waals surface area contributed by atoms with Gasteiger partial charge in [-0.15, -0.1) is 0 Å². The Kier molecular flexibility index (Phi) is 7.62. The Bertz CT molecular complexity index is 925. The van der Waals surface area contributed by atoms with Gasteiger partial charge in [0.1, 0.15) is 0 Å². The molecule has 0 aromatic heterocycles. The summed E-state index contributed by atoms with van der Waals surface area (Å²) in [7, 11) is 0.